The van der Waals surface area contributed by atoms with Crippen molar-refractivity contribution in [3.63, 3.8) is 0 Å². The van der Waals surface area contributed by atoms with Gasteiger partial charge in [0.1, 0.15) is 5.82 Å². The lowest BCUT2D eigenvalue weighted by atomic mass is 9.61. The smallest absolute Gasteiger partial charge is 0.123 e. The lowest BCUT2D eigenvalue weighted by molar-refractivity contribution is -0.127. The maximum atomic E-state index is 13.7. The van der Waals surface area contributed by atoms with Gasteiger partial charge >= 0.3 is 0 Å². The molecular weight excluding hydrogens is 409 g/mol. The van der Waals surface area contributed by atoms with Crippen molar-refractivity contribution < 1.29 is 9.50 Å². The van der Waals surface area contributed by atoms with Crippen molar-refractivity contribution in [2.24, 2.45) is 11.8 Å². The van der Waals surface area contributed by atoms with Crippen LogP contribution in [-0.2, 0) is 5.60 Å². The summed E-state index contributed by atoms with van der Waals surface area (Å²) in [5, 5.41) is 16.3. The summed E-state index contributed by atoms with van der Waals surface area (Å²) in [5.41, 5.74) is 2.03. The Bertz CT molecular complexity index is 950. The van der Waals surface area contributed by atoms with Gasteiger partial charge in [-0.1, -0.05) is 93.1 Å². The zero-order valence-corrected chi connectivity index (χ0v) is 18.9. The van der Waals surface area contributed by atoms with Crippen LogP contribution in [0.3, 0.4) is 0 Å². The number of aliphatic hydroxyl groups is 1. The molecule has 0 saturated carbocycles. The Hall–Kier alpha value is -2.20. The van der Waals surface area contributed by atoms with E-state index >= 15 is 0 Å². The van der Waals surface area contributed by atoms with E-state index in [9.17, 15) is 9.50 Å². The number of hydrogen-bond donors (Lipinski definition) is 2. The van der Waals surface area contributed by atoms with E-state index in [1.165, 1.54) is 17.7 Å². The zero-order valence-electron chi connectivity index (χ0n) is 18.0. The number of piperidine rings is 1. The van der Waals surface area contributed by atoms with E-state index < -0.39 is 5.60 Å². The molecule has 5 unspecified atom stereocenters. The van der Waals surface area contributed by atoms with Gasteiger partial charge in [-0.3, -0.25) is 0 Å². The zero-order chi connectivity index (χ0) is 21.1. The fourth-order valence-electron chi connectivity index (χ4n) is 5.23. The van der Waals surface area contributed by atoms with Crippen LogP contribution < -0.4 is 5.32 Å². The highest BCUT2D eigenvalue weighted by Gasteiger charge is 2.53. The van der Waals surface area contributed by atoms with E-state index in [0.717, 1.165) is 24.0 Å². The van der Waals surface area contributed by atoms with Crippen LogP contribution in [0.1, 0.15) is 55.5 Å². The fraction of sp³-hybridized carbons (Fsp3) is 0.333. The maximum Gasteiger partial charge on any atom is 0.123 e. The van der Waals surface area contributed by atoms with E-state index in [1.807, 2.05) is 36.4 Å². The highest BCUT2D eigenvalue weighted by atomic mass is 35.5. The summed E-state index contributed by atoms with van der Waals surface area (Å²) >= 11 is 0. The van der Waals surface area contributed by atoms with Crippen molar-refractivity contribution in [3.05, 3.63) is 107 Å². The van der Waals surface area contributed by atoms with Gasteiger partial charge in [0.2, 0.25) is 0 Å². The van der Waals surface area contributed by atoms with Crippen molar-refractivity contribution in [1.82, 2.24) is 5.32 Å². The van der Waals surface area contributed by atoms with Crippen LogP contribution in [-0.4, -0.2) is 5.11 Å². The van der Waals surface area contributed by atoms with Crippen LogP contribution in [0.4, 0.5) is 4.39 Å². The first-order valence-corrected chi connectivity index (χ1v) is 10.9. The summed E-state index contributed by atoms with van der Waals surface area (Å²) in [5.74, 6) is -0.414. The SMILES string of the molecule is CCCC1C(c2ccccc2)NC(c2ccccc2)C(C)C1(O)c1ccc(F)cc1.Cl. The normalized spacial score (nSPS) is 28.0. The van der Waals surface area contributed by atoms with Crippen LogP contribution in [0.15, 0.2) is 84.9 Å². The molecule has 1 fully saturated rings. The van der Waals surface area contributed by atoms with E-state index in [-0.39, 0.29) is 42.1 Å². The van der Waals surface area contributed by atoms with Crippen molar-refractivity contribution in [2.45, 2.75) is 44.4 Å². The predicted octanol–water partition coefficient (Wildman–Crippen LogP) is 6.57. The first kappa shape index (κ1) is 23.5. The molecular formula is C27H31ClFNO. The van der Waals surface area contributed by atoms with Crippen LogP contribution in [0.2, 0.25) is 0 Å². The standard InChI is InChI=1S/C27H30FNO.ClH/c1-3-10-24-26(21-13-8-5-9-14-21)29-25(20-11-6-4-7-12-20)19(2)27(24,30)22-15-17-23(28)18-16-22;/h4-9,11-19,24-26,29-30H,3,10H2,1-2H3;1H. The van der Waals surface area contributed by atoms with Crippen molar-refractivity contribution in [3.8, 4) is 0 Å². The molecule has 4 heteroatoms. The molecule has 164 valence electrons. The van der Waals surface area contributed by atoms with Gasteiger partial charge in [-0.25, -0.2) is 4.39 Å². The highest BCUT2D eigenvalue weighted by Crippen LogP contribution is 2.53. The molecule has 0 bridgehead atoms. The number of rotatable bonds is 5. The number of halogens is 2. The van der Waals surface area contributed by atoms with E-state index in [2.05, 4.69) is 43.4 Å². The van der Waals surface area contributed by atoms with E-state index in [0.29, 0.717) is 0 Å². The molecule has 0 radical (unpaired) electrons. The molecule has 4 rings (SSSR count). The molecule has 31 heavy (non-hydrogen) atoms. The Morgan fingerprint density at radius 3 is 1.87 bits per heavy atom. The molecule has 0 aromatic heterocycles. The quantitative estimate of drug-likeness (QED) is 0.471. The Morgan fingerprint density at radius 2 is 1.35 bits per heavy atom. The Kier molecular flexibility index (Phi) is 7.53. The minimum absolute atomic E-state index is 0. The second-order valence-corrected chi connectivity index (χ2v) is 8.46. The number of nitrogens with one attached hydrogen (secondary N) is 1. The molecule has 1 aliphatic rings. The predicted molar refractivity (Wildman–Crippen MR) is 127 cm³/mol. The van der Waals surface area contributed by atoms with Gasteiger partial charge in [-0.15, -0.1) is 12.4 Å². The molecule has 3 aromatic rings. The second-order valence-electron chi connectivity index (χ2n) is 8.46. The molecule has 1 saturated heterocycles. The Labute approximate surface area is 190 Å². The Morgan fingerprint density at radius 1 is 0.839 bits per heavy atom. The summed E-state index contributed by atoms with van der Waals surface area (Å²) in [6, 6.07) is 27.1. The molecule has 5 atom stereocenters. The van der Waals surface area contributed by atoms with Gasteiger partial charge in [-0.05, 0) is 35.2 Å². The molecule has 1 heterocycles. The monoisotopic (exact) mass is 439 g/mol. The Balaban J connectivity index is 0.00000272. The van der Waals surface area contributed by atoms with Gasteiger partial charge in [0.05, 0.1) is 5.60 Å². The minimum atomic E-state index is -1.09. The van der Waals surface area contributed by atoms with Crippen LogP contribution in [0.5, 0.6) is 0 Å². The molecule has 2 nitrogen and oxygen atoms in total. The van der Waals surface area contributed by atoms with Gasteiger partial charge in [0.25, 0.3) is 0 Å². The van der Waals surface area contributed by atoms with Gasteiger partial charge in [0, 0.05) is 23.9 Å². The number of hydrogen-bond acceptors (Lipinski definition) is 2. The number of benzene rings is 3. The molecule has 0 spiro atoms. The largest absolute Gasteiger partial charge is 0.384 e. The van der Waals surface area contributed by atoms with Crippen LogP contribution in [0.25, 0.3) is 0 Å². The second kappa shape index (κ2) is 9.95. The molecule has 0 aliphatic carbocycles. The van der Waals surface area contributed by atoms with Gasteiger partial charge in [-0.2, -0.15) is 0 Å². The first-order chi connectivity index (χ1) is 14.6. The average molecular weight is 440 g/mol. The molecule has 3 aromatic carbocycles. The average Bonchev–Trinajstić information content (AvgIpc) is 2.79. The van der Waals surface area contributed by atoms with Crippen LogP contribution in [0, 0.1) is 17.7 Å². The lowest BCUT2D eigenvalue weighted by Crippen LogP contribution is -2.56. The summed E-state index contributed by atoms with van der Waals surface area (Å²) < 4.78 is 13.7. The van der Waals surface area contributed by atoms with Crippen LogP contribution >= 0.6 is 12.4 Å². The molecule has 2 N–H and O–H groups in total. The van der Waals surface area contributed by atoms with Crippen molar-refractivity contribution >= 4 is 12.4 Å². The van der Waals surface area contributed by atoms with Crippen molar-refractivity contribution in [2.75, 3.05) is 0 Å². The topological polar surface area (TPSA) is 32.3 Å². The third-order valence-electron chi connectivity index (χ3n) is 6.74. The summed E-state index contributed by atoms with van der Waals surface area (Å²) in [6.45, 7) is 4.26. The maximum absolute atomic E-state index is 13.7. The lowest BCUT2D eigenvalue weighted by Gasteiger charge is -2.53. The molecule has 0 amide bonds. The van der Waals surface area contributed by atoms with E-state index in [1.54, 1.807) is 12.1 Å². The first-order valence-electron chi connectivity index (χ1n) is 10.9. The van der Waals surface area contributed by atoms with Crippen molar-refractivity contribution in [1.29, 1.82) is 0 Å². The third-order valence-corrected chi connectivity index (χ3v) is 6.74. The minimum Gasteiger partial charge on any atom is -0.384 e. The highest BCUT2D eigenvalue weighted by molar-refractivity contribution is 5.85. The van der Waals surface area contributed by atoms with Gasteiger partial charge < -0.3 is 10.4 Å². The van der Waals surface area contributed by atoms with Gasteiger partial charge in [0.15, 0.2) is 0 Å². The van der Waals surface area contributed by atoms with E-state index in [4.69, 9.17) is 0 Å². The third kappa shape index (κ3) is 4.41. The summed E-state index contributed by atoms with van der Waals surface area (Å²) in [4.78, 5) is 0. The summed E-state index contributed by atoms with van der Waals surface area (Å²) in [7, 11) is 0. The fourth-order valence-corrected chi connectivity index (χ4v) is 5.23. The molecule has 1 aliphatic heterocycles. The summed E-state index contributed by atoms with van der Waals surface area (Å²) in [6.07, 6.45) is 1.83.